The summed E-state index contributed by atoms with van der Waals surface area (Å²) >= 11 is 0. The van der Waals surface area contributed by atoms with Crippen molar-refractivity contribution in [3.8, 4) is 11.4 Å². The molecule has 1 unspecified atom stereocenters. The number of aromatic nitrogens is 2. The minimum absolute atomic E-state index is 0.107. The maximum atomic E-state index is 11.9. The van der Waals surface area contributed by atoms with Gasteiger partial charge in [-0.3, -0.25) is 4.79 Å². The summed E-state index contributed by atoms with van der Waals surface area (Å²) in [6.07, 6.45) is 0.709. The third-order valence-electron chi connectivity index (χ3n) is 3.01. The van der Waals surface area contributed by atoms with Crippen LogP contribution < -0.4 is 5.32 Å². The molecular weight excluding hydrogens is 258 g/mol. The monoisotopic (exact) mass is 275 g/mol. The molecule has 0 aliphatic heterocycles. The lowest BCUT2D eigenvalue weighted by molar-refractivity contribution is 0.0871. The molecule has 106 valence electrons. The van der Waals surface area contributed by atoms with E-state index in [1.165, 1.54) is 6.39 Å². The van der Waals surface area contributed by atoms with Crippen molar-refractivity contribution in [2.75, 3.05) is 6.54 Å². The number of carbonyl (C=O) groups is 1. The van der Waals surface area contributed by atoms with Crippen molar-refractivity contribution in [3.63, 3.8) is 0 Å². The largest absolute Gasteiger partial charge is 0.391 e. The first-order valence-corrected chi connectivity index (χ1v) is 6.41. The van der Waals surface area contributed by atoms with Gasteiger partial charge >= 0.3 is 0 Å². The molecule has 2 rings (SSSR count). The zero-order valence-electron chi connectivity index (χ0n) is 11.4. The Morgan fingerprint density at radius 3 is 2.60 bits per heavy atom. The normalized spacial score (nSPS) is 12.4. The molecule has 1 atom stereocenters. The van der Waals surface area contributed by atoms with Gasteiger partial charge in [0.25, 0.3) is 5.91 Å². The van der Waals surface area contributed by atoms with E-state index in [2.05, 4.69) is 20.0 Å². The van der Waals surface area contributed by atoms with E-state index >= 15 is 0 Å². The molecule has 1 aromatic carbocycles. The minimum Gasteiger partial charge on any atom is -0.391 e. The number of rotatable bonds is 5. The van der Waals surface area contributed by atoms with Crippen LogP contribution in [0.3, 0.4) is 0 Å². The van der Waals surface area contributed by atoms with E-state index in [0.29, 0.717) is 11.4 Å². The van der Waals surface area contributed by atoms with Crippen LogP contribution >= 0.6 is 0 Å². The molecule has 2 aromatic rings. The zero-order chi connectivity index (χ0) is 14.5. The van der Waals surface area contributed by atoms with E-state index in [1.807, 2.05) is 13.8 Å². The second kappa shape index (κ2) is 6.29. The molecule has 6 heteroatoms. The van der Waals surface area contributed by atoms with Crippen LogP contribution in [0.2, 0.25) is 0 Å². The molecule has 0 aliphatic carbocycles. The highest BCUT2D eigenvalue weighted by molar-refractivity contribution is 5.94. The Bertz CT molecular complexity index is 550. The molecule has 6 nitrogen and oxygen atoms in total. The van der Waals surface area contributed by atoms with Gasteiger partial charge in [-0.2, -0.15) is 4.98 Å². The maximum absolute atomic E-state index is 11.9. The summed E-state index contributed by atoms with van der Waals surface area (Å²) in [7, 11) is 0. The molecule has 0 fully saturated rings. The van der Waals surface area contributed by atoms with Crippen LogP contribution in [-0.2, 0) is 0 Å². The van der Waals surface area contributed by atoms with Gasteiger partial charge in [-0.05, 0) is 18.1 Å². The highest BCUT2D eigenvalue weighted by Crippen LogP contribution is 2.15. The summed E-state index contributed by atoms with van der Waals surface area (Å²) in [5.74, 6) is 0.368. The van der Waals surface area contributed by atoms with Gasteiger partial charge in [-0.25, -0.2) is 0 Å². The predicted octanol–water partition coefficient (Wildman–Crippen LogP) is 1.48. The van der Waals surface area contributed by atoms with Crippen molar-refractivity contribution in [2.45, 2.75) is 20.0 Å². The molecule has 0 bridgehead atoms. The van der Waals surface area contributed by atoms with E-state index in [0.717, 1.165) is 5.56 Å². The van der Waals surface area contributed by atoms with E-state index in [4.69, 9.17) is 0 Å². The lowest BCUT2D eigenvalue weighted by Crippen LogP contribution is -2.34. The summed E-state index contributed by atoms with van der Waals surface area (Å²) in [6, 6.07) is 6.86. The van der Waals surface area contributed by atoms with Crippen LogP contribution in [0.4, 0.5) is 0 Å². The average molecular weight is 275 g/mol. The van der Waals surface area contributed by atoms with Gasteiger partial charge in [-0.15, -0.1) is 0 Å². The maximum Gasteiger partial charge on any atom is 0.251 e. The number of hydrogen-bond acceptors (Lipinski definition) is 5. The standard InChI is InChI=1S/C14H17N3O3/c1-9(2)12(18)7-15-14(19)11-5-3-10(4-6-11)13-16-8-20-17-13/h3-6,8-9,12,18H,7H2,1-2H3,(H,15,19). The first-order valence-electron chi connectivity index (χ1n) is 6.41. The SMILES string of the molecule is CC(C)C(O)CNC(=O)c1ccc(-c2ncon2)cc1. The highest BCUT2D eigenvalue weighted by atomic mass is 16.5. The fraction of sp³-hybridized carbons (Fsp3) is 0.357. The van der Waals surface area contributed by atoms with Crippen molar-refractivity contribution in [3.05, 3.63) is 36.2 Å². The van der Waals surface area contributed by atoms with Gasteiger partial charge in [0.1, 0.15) is 0 Å². The lowest BCUT2D eigenvalue weighted by Gasteiger charge is -2.15. The van der Waals surface area contributed by atoms with Crippen molar-refractivity contribution < 1.29 is 14.4 Å². The number of hydrogen-bond donors (Lipinski definition) is 2. The summed E-state index contributed by atoms with van der Waals surface area (Å²) in [4.78, 5) is 15.8. The topological polar surface area (TPSA) is 88.2 Å². The molecule has 0 radical (unpaired) electrons. The third kappa shape index (κ3) is 3.42. The Kier molecular flexibility index (Phi) is 4.47. The Hall–Kier alpha value is -2.21. The molecular formula is C14H17N3O3. The summed E-state index contributed by atoms with van der Waals surface area (Å²) in [5.41, 5.74) is 1.30. The van der Waals surface area contributed by atoms with E-state index in [9.17, 15) is 9.90 Å². The van der Waals surface area contributed by atoms with Crippen molar-refractivity contribution in [1.82, 2.24) is 15.5 Å². The van der Waals surface area contributed by atoms with Gasteiger partial charge in [0.05, 0.1) is 6.10 Å². The predicted molar refractivity (Wildman–Crippen MR) is 72.9 cm³/mol. The third-order valence-corrected chi connectivity index (χ3v) is 3.01. The van der Waals surface area contributed by atoms with Crippen molar-refractivity contribution >= 4 is 5.91 Å². The minimum atomic E-state index is -0.544. The quantitative estimate of drug-likeness (QED) is 0.863. The Labute approximate surface area is 116 Å². The van der Waals surface area contributed by atoms with E-state index < -0.39 is 6.10 Å². The second-order valence-corrected chi connectivity index (χ2v) is 4.85. The Morgan fingerprint density at radius 2 is 2.05 bits per heavy atom. The summed E-state index contributed by atoms with van der Waals surface area (Å²) in [6.45, 7) is 4.04. The molecule has 1 aromatic heterocycles. The zero-order valence-corrected chi connectivity index (χ0v) is 11.4. The first-order chi connectivity index (χ1) is 9.58. The van der Waals surface area contributed by atoms with Crippen LogP contribution in [-0.4, -0.2) is 33.8 Å². The summed E-state index contributed by atoms with van der Waals surface area (Å²) in [5, 5.41) is 16.1. The molecule has 2 N–H and O–H groups in total. The molecule has 20 heavy (non-hydrogen) atoms. The van der Waals surface area contributed by atoms with Gasteiger partial charge in [-0.1, -0.05) is 31.1 Å². The fourth-order valence-corrected chi connectivity index (χ4v) is 1.60. The van der Waals surface area contributed by atoms with E-state index in [1.54, 1.807) is 24.3 Å². The number of aliphatic hydroxyl groups is 1. The van der Waals surface area contributed by atoms with Crippen LogP contribution in [0.15, 0.2) is 35.2 Å². The van der Waals surface area contributed by atoms with E-state index in [-0.39, 0.29) is 18.4 Å². The van der Waals surface area contributed by atoms with Gasteiger partial charge in [0.2, 0.25) is 12.2 Å². The molecule has 0 saturated heterocycles. The van der Waals surface area contributed by atoms with Gasteiger partial charge in [0.15, 0.2) is 0 Å². The van der Waals surface area contributed by atoms with Crippen LogP contribution in [0, 0.1) is 5.92 Å². The number of amides is 1. The number of nitrogens with zero attached hydrogens (tertiary/aromatic N) is 2. The number of benzene rings is 1. The average Bonchev–Trinajstić information content (AvgIpc) is 2.98. The smallest absolute Gasteiger partial charge is 0.251 e. The fourth-order valence-electron chi connectivity index (χ4n) is 1.60. The first kappa shape index (κ1) is 14.2. The molecule has 1 heterocycles. The number of nitrogens with one attached hydrogen (secondary N) is 1. The lowest BCUT2D eigenvalue weighted by atomic mass is 10.1. The van der Waals surface area contributed by atoms with Crippen LogP contribution in [0.5, 0.6) is 0 Å². The van der Waals surface area contributed by atoms with Crippen molar-refractivity contribution in [2.24, 2.45) is 5.92 Å². The van der Waals surface area contributed by atoms with Crippen molar-refractivity contribution in [1.29, 1.82) is 0 Å². The molecule has 0 saturated carbocycles. The molecule has 0 spiro atoms. The van der Waals surface area contributed by atoms with Crippen LogP contribution in [0.25, 0.3) is 11.4 Å². The molecule has 1 amide bonds. The number of carbonyl (C=O) groups excluding carboxylic acids is 1. The Morgan fingerprint density at radius 1 is 1.35 bits per heavy atom. The second-order valence-electron chi connectivity index (χ2n) is 4.85. The Balaban J connectivity index is 1.98. The highest BCUT2D eigenvalue weighted by Gasteiger charge is 2.12. The van der Waals surface area contributed by atoms with Gasteiger partial charge < -0.3 is 14.9 Å². The number of aliphatic hydroxyl groups excluding tert-OH is 1. The van der Waals surface area contributed by atoms with Crippen LogP contribution in [0.1, 0.15) is 24.2 Å². The van der Waals surface area contributed by atoms with Gasteiger partial charge in [0, 0.05) is 17.7 Å². The summed E-state index contributed by atoms with van der Waals surface area (Å²) < 4.78 is 4.67. The molecule has 0 aliphatic rings.